The highest BCUT2D eigenvalue weighted by Crippen LogP contribution is 2.49. The molecule has 2 aliphatic rings. The molecule has 1 saturated heterocycles. The molecule has 5 heteroatoms. The van der Waals surface area contributed by atoms with Crippen molar-refractivity contribution in [3.63, 3.8) is 0 Å². The molecule has 150 valence electrons. The SMILES string of the molecule is CC(C)(C)c1ccc(N2CC[C@]3(CC[C@@H]([C@@H](O)c4ccn[nH]4)CC3)C2=O)cc1. The van der Waals surface area contributed by atoms with Crippen molar-refractivity contribution >= 4 is 11.6 Å². The Labute approximate surface area is 167 Å². The van der Waals surface area contributed by atoms with Crippen molar-refractivity contribution < 1.29 is 9.90 Å². The lowest BCUT2D eigenvalue weighted by Gasteiger charge is -2.37. The van der Waals surface area contributed by atoms with Crippen LogP contribution >= 0.6 is 0 Å². The summed E-state index contributed by atoms with van der Waals surface area (Å²) in [4.78, 5) is 15.3. The van der Waals surface area contributed by atoms with E-state index in [4.69, 9.17) is 0 Å². The summed E-state index contributed by atoms with van der Waals surface area (Å²) in [6, 6.07) is 10.3. The smallest absolute Gasteiger partial charge is 0.233 e. The van der Waals surface area contributed by atoms with E-state index in [0.29, 0.717) is 0 Å². The molecule has 1 aromatic carbocycles. The number of carbonyl (C=O) groups is 1. The summed E-state index contributed by atoms with van der Waals surface area (Å²) in [7, 11) is 0. The van der Waals surface area contributed by atoms with Crippen molar-refractivity contribution in [1.29, 1.82) is 0 Å². The maximum absolute atomic E-state index is 13.3. The predicted octanol–water partition coefficient (Wildman–Crippen LogP) is 4.35. The van der Waals surface area contributed by atoms with E-state index in [9.17, 15) is 9.90 Å². The Bertz CT molecular complexity index is 813. The number of H-pyrrole nitrogens is 1. The zero-order valence-corrected chi connectivity index (χ0v) is 17.1. The third-order valence-corrected chi connectivity index (χ3v) is 6.83. The van der Waals surface area contributed by atoms with Gasteiger partial charge in [-0.15, -0.1) is 0 Å². The topological polar surface area (TPSA) is 69.2 Å². The molecular weight excluding hydrogens is 350 g/mol. The lowest BCUT2D eigenvalue weighted by atomic mass is 9.68. The van der Waals surface area contributed by atoms with Gasteiger partial charge in [0.05, 0.1) is 17.2 Å². The number of anilines is 1. The molecule has 0 radical (unpaired) electrons. The minimum atomic E-state index is -0.516. The zero-order chi connectivity index (χ0) is 19.9. The first-order chi connectivity index (χ1) is 13.3. The summed E-state index contributed by atoms with van der Waals surface area (Å²) in [5, 5.41) is 17.4. The number of aromatic amines is 1. The van der Waals surface area contributed by atoms with Crippen LogP contribution in [0.25, 0.3) is 0 Å². The molecule has 1 aliphatic carbocycles. The number of benzene rings is 1. The Kier molecular flexibility index (Phi) is 4.82. The lowest BCUT2D eigenvalue weighted by molar-refractivity contribution is -0.128. The van der Waals surface area contributed by atoms with Crippen LogP contribution in [-0.4, -0.2) is 27.8 Å². The summed E-state index contributed by atoms with van der Waals surface area (Å²) < 4.78 is 0. The molecule has 5 nitrogen and oxygen atoms in total. The minimum Gasteiger partial charge on any atom is -0.387 e. The largest absolute Gasteiger partial charge is 0.387 e. The first-order valence-electron chi connectivity index (χ1n) is 10.4. The number of carbonyl (C=O) groups excluding carboxylic acids is 1. The third kappa shape index (κ3) is 3.37. The average molecular weight is 382 g/mol. The van der Waals surface area contributed by atoms with Gasteiger partial charge in [-0.25, -0.2) is 0 Å². The van der Waals surface area contributed by atoms with Crippen molar-refractivity contribution in [3.05, 3.63) is 47.8 Å². The van der Waals surface area contributed by atoms with Gasteiger partial charge < -0.3 is 10.0 Å². The monoisotopic (exact) mass is 381 g/mol. The number of rotatable bonds is 3. The van der Waals surface area contributed by atoms with E-state index >= 15 is 0 Å². The minimum absolute atomic E-state index is 0.114. The van der Waals surface area contributed by atoms with E-state index in [1.54, 1.807) is 6.20 Å². The van der Waals surface area contributed by atoms with Crippen molar-refractivity contribution in [3.8, 4) is 0 Å². The molecule has 1 aliphatic heterocycles. The summed E-state index contributed by atoms with van der Waals surface area (Å²) in [5.41, 5.74) is 2.94. The first kappa shape index (κ1) is 19.2. The molecule has 1 saturated carbocycles. The number of aliphatic hydroxyl groups excluding tert-OH is 1. The number of amides is 1. The molecule has 4 rings (SSSR count). The van der Waals surface area contributed by atoms with Crippen molar-refractivity contribution in [2.75, 3.05) is 11.4 Å². The van der Waals surface area contributed by atoms with Crippen LogP contribution in [0.1, 0.15) is 70.2 Å². The quantitative estimate of drug-likeness (QED) is 0.830. The van der Waals surface area contributed by atoms with Crippen molar-refractivity contribution in [2.45, 2.75) is 64.4 Å². The van der Waals surface area contributed by atoms with E-state index in [-0.39, 0.29) is 22.7 Å². The molecule has 1 aromatic heterocycles. The normalized spacial score (nSPS) is 26.8. The Morgan fingerprint density at radius 3 is 2.39 bits per heavy atom. The van der Waals surface area contributed by atoms with Gasteiger partial charge in [-0.1, -0.05) is 32.9 Å². The van der Waals surface area contributed by atoms with E-state index < -0.39 is 6.10 Å². The van der Waals surface area contributed by atoms with Gasteiger partial charge in [-0.05, 0) is 67.2 Å². The highest BCUT2D eigenvalue weighted by atomic mass is 16.3. The Morgan fingerprint density at radius 2 is 1.82 bits per heavy atom. The first-order valence-corrected chi connectivity index (χ1v) is 10.4. The van der Waals surface area contributed by atoms with Crippen LogP contribution in [0.2, 0.25) is 0 Å². The van der Waals surface area contributed by atoms with Crippen molar-refractivity contribution in [1.82, 2.24) is 10.2 Å². The van der Waals surface area contributed by atoms with Crippen LogP contribution in [0.5, 0.6) is 0 Å². The Morgan fingerprint density at radius 1 is 1.14 bits per heavy atom. The third-order valence-electron chi connectivity index (χ3n) is 6.83. The molecule has 1 amide bonds. The van der Waals surface area contributed by atoms with E-state index in [2.05, 4.69) is 55.2 Å². The van der Waals surface area contributed by atoms with Gasteiger partial charge in [0, 0.05) is 18.4 Å². The van der Waals surface area contributed by atoms with Crippen LogP contribution in [0, 0.1) is 11.3 Å². The standard InChI is InChI=1S/C23H31N3O2/c1-22(2,3)17-4-6-18(7-5-17)26-15-13-23(21(26)28)11-8-16(9-12-23)20(27)19-10-14-24-25-19/h4-7,10,14,16,20,27H,8-9,11-13,15H2,1-3H3,(H,24,25)/t16-,20-,23-/m1/s1. The second-order valence-corrected chi connectivity index (χ2v) is 9.58. The van der Waals surface area contributed by atoms with Gasteiger partial charge >= 0.3 is 0 Å². The van der Waals surface area contributed by atoms with Gasteiger partial charge in [0.2, 0.25) is 5.91 Å². The number of hydrogen-bond donors (Lipinski definition) is 2. The second kappa shape index (κ2) is 7.03. The van der Waals surface area contributed by atoms with Gasteiger partial charge in [0.15, 0.2) is 0 Å². The fourth-order valence-corrected chi connectivity index (χ4v) is 4.87. The predicted molar refractivity (Wildman–Crippen MR) is 110 cm³/mol. The summed E-state index contributed by atoms with van der Waals surface area (Å²) >= 11 is 0. The Hall–Kier alpha value is -2.14. The molecule has 28 heavy (non-hydrogen) atoms. The number of nitrogens with zero attached hydrogens (tertiary/aromatic N) is 2. The highest BCUT2D eigenvalue weighted by Gasteiger charge is 2.49. The molecule has 1 atom stereocenters. The maximum atomic E-state index is 13.3. The van der Waals surface area contributed by atoms with Crippen LogP contribution in [0.15, 0.2) is 36.5 Å². The number of hydrogen-bond acceptors (Lipinski definition) is 3. The summed E-state index contributed by atoms with van der Waals surface area (Å²) in [5.74, 6) is 0.462. The molecule has 2 N–H and O–H groups in total. The number of aromatic nitrogens is 2. The molecule has 2 aromatic rings. The molecule has 2 heterocycles. The highest BCUT2D eigenvalue weighted by molar-refractivity contribution is 6.00. The molecule has 0 unspecified atom stereocenters. The Balaban J connectivity index is 1.43. The zero-order valence-electron chi connectivity index (χ0n) is 17.1. The molecule has 1 spiro atoms. The second-order valence-electron chi connectivity index (χ2n) is 9.58. The van der Waals surface area contributed by atoms with E-state index in [1.165, 1.54) is 5.56 Å². The molecule has 0 bridgehead atoms. The van der Waals surface area contributed by atoms with E-state index in [1.807, 2.05) is 11.0 Å². The van der Waals surface area contributed by atoms with Crippen LogP contribution in [0.3, 0.4) is 0 Å². The fraction of sp³-hybridized carbons (Fsp3) is 0.565. The van der Waals surface area contributed by atoms with Crippen LogP contribution in [-0.2, 0) is 10.2 Å². The van der Waals surface area contributed by atoms with Gasteiger partial charge in [0.1, 0.15) is 0 Å². The molecule has 2 fully saturated rings. The fourth-order valence-electron chi connectivity index (χ4n) is 4.87. The van der Waals surface area contributed by atoms with Gasteiger partial charge in [0.25, 0.3) is 0 Å². The molecular formula is C23H31N3O2. The number of nitrogens with one attached hydrogen (secondary N) is 1. The summed E-state index contributed by atoms with van der Waals surface area (Å²) in [6.45, 7) is 7.40. The average Bonchev–Trinajstić information content (AvgIpc) is 3.31. The van der Waals surface area contributed by atoms with Crippen LogP contribution in [0.4, 0.5) is 5.69 Å². The van der Waals surface area contributed by atoms with Crippen molar-refractivity contribution in [2.24, 2.45) is 11.3 Å². The lowest BCUT2D eigenvalue weighted by Crippen LogP contribution is -2.38. The van der Waals surface area contributed by atoms with Gasteiger partial charge in [-0.2, -0.15) is 5.10 Å². The summed E-state index contributed by atoms with van der Waals surface area (Å²) in [6.07, 6.45) is 5.55. The number of aliphatic hydroxyl groups is 1. The van der Waals surface area contributed by atoms with Gasteiger partial charge in [-0.3, -0.25) is 9.89 Å². The van der Waals surface area contributed by atoms with Crippen LogP contribution < -0.4 is 4.90 Å². The van der Waals surface area contributed by atoms with E-state index in [0.717, 1.165) is 50.0 Å². The maximum Gasteiger partial charge on any atom is 0.233 e.